The van der Waals surface area contributed by atoms with E-state index in [1.165, 1.54) is 6.07 Å². The van der Waals surface area contributed by atoms with E-state index < -0.39 is 15.4 Å². The van der Waals surface area contributed by atoms with Gasteiger partial charge in [-0.3, -0.25) is 0 Å². The number of sulfone groups is 1. The molecule has 1 aromatic carbocycles. The Labute approximate surface area is 106 Å². The van der Waals surface area contributed by atoms with Gasteiger partial charge in [0.15, 0.2) is 9.84 Å². The van der Waals surface area contributed by atoms with Crippen LogP contribution in [0.3, 0.4) is 0 Å². The fraction of sp³-hybridized carbons (Fsp3) is 0.500. The molecule has 0 spiro atoms. The van der Waals surface area contributed by atoms with Gasteiger partial charge in [-0.2, -0.15) is 0 Å². The third-order valence-corrected chi connectivity index (χ3v) is 5.19. The number of hydrogen-bond acceptors (Lipinski definition) is 4. The van der Waals surface area contributed by atoms with Crippen LogP contribution >= 0.6 is 0 Å². The number of nitrogens with one attached hydrogen (secondary N) is 1. The van der Waals surface area contributed by atoms with Crippen LogP contribution in [0.25, 0.3) is 0 Å². The molecule has 2 rings (SSSR count). The van der Waals surface area contributed by atoms with Gasteiger partial charge in [0.1, 0.15) is 5.82 Å². The van der Waals surface area contributed by atoms with Gasteiger partial charge in [0.25, 0.3) is 0 Å². The second kappa shape index (κ2) is 4.51. The van der Waals surface area contributed by atoms with E-state index in [-0.39, 0.29) is 17.3 Å². The van der Waals surface area contributed by atoms with Crippen molar-refractivity contribution in [3.63, 3.8) is 0 Å². The molecule has 0 radical (unpaired) electrons. The van der Waals surface area contributed by atoms with Gasteiger partial charge in [-0.05, 0) is 25.5 Å². The summed E-state index contributed by atoms with van der Waals surface area (Å²) in [6.45, 7) is 2.16. The SMILES string of the molecule is CC1(NCc2ccc(N)cc2F)CCS(=O)(=O)C1. The highest BCUT2D eigenvalue weighted by atomic mass is 32.2. The van der Waals surface area contributed by atoms with Gasteiger partial charge in [-0.15, -0.1) is 0 Å². The second-order valence-corrected chi connectivity index (χ2v) is 7.29. The van der Waals surface area contributed by atoms with Gasteiger partial charge in [0.05, 0.1) is 11.5 Å². The average molecular weight is 272 g/mol. The molecule has 100 valence electrons. The molecule has 1 aromatic rings. The minimum atomic E-state index is -2.95. The van der Waals surface area contributed by atoms with Crippen molar-refractivity contribution < 1.29 is 12.8 Å². The number of nitrogens with two attached hydrogens (primary N) is 1. The van der Waals surface area contributed by atoms with E-state index in [1.54, 1.807) is 12.1 Å². The third-order valence-electron chi connectivity index (χ3n) is 3.29. The fourth-order valence-electron chi connectivity index (χ4n) is 2.17. The highest BCUT2D eigenvalue weighted by Gasteiger charge is 2.37. The largest absolute Gasteiger partial charge is 0.399 e. The van der Waals surface area contributed by atoms with Crippen LogP contribution in [0.4, 0.5) is 10.1 Å². The van der Waals surface area contributed by atoms with Gasteiger partial charge < -0.3 is 11.1 Å². The van der Waals surface area contributed by atoms with Crippen LogP contribution in [0.5, 0.6) is 0 Å². The molecule has 1 unspecified atom stereocenters. The lowest BCUT2D eigenvalue weighted by Crippen LogP contribution is -2.43. The molecule has 3 N–H and O–H groups in total. The zero-order chi connectivity index (χ0) is 13.4. The molecule has 0 saturated carbocycles. The summed E-state index contributed by atoms with van der Waals surface area (Å²) < 4.78 is 36.4. The van der Waals surface area contributed by atoms with Gasteiger partial charge in [0.2, 0.25) is 0 Å². The minimum absolute atomic E-state index is 0.108. The predicted molar refractivity (Wildman–Crippen MR) is 69.3 cm³/mol. The Bertz CT molecular complexity index is 559. The molecule has 1 saturated heterocycles. The van der Waals surface area contributed by atoms with Crippen LogP contribution in [0.1, 0.15) is 18.9 Å². The molecule has 1 aliphatic heterocycles. The normalized spacial score (nSPS) is 26.3. The van der Waals surface area contributed by atoms with Crippen molar-refractivity contribution in [2.24, 2.45) is 0 Å². The summed E-state index contributed by atoms with van der Waals surface area (Å²) in [7, 11) is -2.95. The molecule has 0 aliphatic carbocycles. The molecule has 1 aliphatic rings. The van der Waals surface area contributed by atoms with E-state index in [2.05, 4.69) is 5.32 Å². The Morgan fingerprint density at radius 3 is 2.78 bits per heavy atom. The molecule has 0 bridgehead atoms. The van der Waals surface area contributed by atoms with Crippen LogP contribution in [0, 0.1) is 5.82 Å². The second-order valence-electron chi connectivity index (χ2n) is 5.11. The summed E-state index contributed by atoms with van der Waals surface area (Å²) in [5.74, 6) is -0.0657. The Balaban J connectivity index is 2.04. The Morgan fingerprint density at radius 1 is 1.50 bits per heavy atom. The molecule has 1 fully saturated rings. The maximum Gasteiger partial charge on any atom is 0.152 e. The summed E-state index contributed by atoms with van der Waals surface area (Å²) in [5.41, 5.74) is 5.88. The molecule has 4 nitrogen and oxygen atoms in total. The van der Waals surface area contributed by atoms with Crippen molar-refractivity contribution in [2.45, 2.75) is 25.4 Å². The molecule has 1 heterocycles. The van der Waals surface area contributed by atoms with Crippen molar-refractivity contribution in [2.75, 3.05) is 17.2 Å². The van der Waals surface area contributed by atoms with Gasteiger partial charge in [0, 0.05) is 23.3 Å². The maximum atomic E-state index is 13.6. The van der Waals surface area contributed by atoms with Gasteiger partial charge in [-0.25, -0.2) is 12.8 Å². The van der Waals surface area contributed by atoms with Crippen LogP contribution in [-0.2, 0) is 16.4 Å². The van der Waals surface area contributed by atoms with Crippen molar-refractivity contribution in [1.29, 1.82) is 0 Å². The van der Waals surface area contributed by atoms with Crippen molar-refractivity contribution >= 4 is 15.5 Å². The standard InChI is InChI=1S/C12H17FN2O2S/c1-12(4-5-18(16,17)8-12)15-7-9-2-3-10(14)6-11(9)13/h2-3,6,15H,4-5,7-8,14H2,1H3. The highest BCUT2D eigenvalue weighted by molar-refractivity contribution is 7.91. The molecule has 1 atom stereocenters. The number of benzene rings is 1. The zero-order valence-electron chi connectivity index (χ0n) is 10.2. The number of halogens is 1. The van der Waals surface area contributed by atoms with E-state index in [0.717, 1.165) is 0 Å². The molecule has 6 heteroatoms. The van der Waals surface area contributed by atoms with E-state index in [0.29, 0.717) is 24.2 Å². The van der Waals surface area contributed by atoms with E-state index in [4.69, 9.17) is 5.73 Å². The number of rotatable bonds is 3. The van der Waals surface area contributed by atoms with Gasteiger partial charge in [-0.1, -0.05) is 6.07 Å². The third kappa shape index (κ3) is 3.00. The summed E-state index contributed by atoms with van der Waals surface area (Å²) in [5, 5.41) is 3.13. The Kier molecular flexibility index (Phi) is 3.33. The summed E-state index contributed by atoms with van der Waals surface area (Å²) in [6.07, 6.45) is 0.561. The smallest absolute Gasteiger partial charge is 0.152 e. The molecule has 0 aromatic heterocycles. The molecule has 0 amide bonds. The number of hydrogen-bond donors (Lipinski definition) is 2. The fourth-order valence-corrected chi connectivity index (χ4v) is 4.29. The summed E-state index contributed by atoms with van der Waals surface area (Å²) >= 11 is 0. The van der Waals surface area contributed by atoms with Crippen LogP contribution < -0.4 is 11.1 Å². The lowest BCUT2D eigenvalue weighted by atomic mass is 10.0. The number of anilines is 1. The topological polar surface area (TPSA) is 72.2 Å². The van der Waals surface area contributed by atoms with E-state index in [9.17, 15) is 12.8 Å². The quantitative estimate of drug-likeness (QED) is 0.808. The van der Waals surface area contributed by atoms with Crippen LogP contribution in [0.2, 0.25) is 0 Å². The Morgan fingerprint density at radius 2 is 2.22 bits per heavy atom. The first-order chi connectivity index (χ1) is 8.30. The monoisotopic (exact) mass is 272 g/mol. The summed E-state index contributed by atoms with van der Waals surface area (Å²) in [6, 6.07) is 4.52. The lowest BCUT2D eigenvalue weighted by molar-refractivity contribution is 0.391. The van der Waals surface area contributed by atoms with Crippen LogP contribution in [0.15, 0.2) is 18.2 Å². The predicted octanol–water partition coefficient (Wildman–Crippen LogP) is 1.07. The Hall–Kier alpha value is -1.14. The van der Waals surface area contributed by atoms with E-state index in [1.807, 2.05) is 6.92 Å². The highest BCUT2D eigenvalue weighted by Crippen LogP contribution is 2.23. The minimum Gasteiger partial charge on any atom is -0.399 e. The van der Waals surface area contributed by atoms with Crippen molar-refractivity contribution in [3.8, 4) is 0 Å². The van der Waals surface area contributed by atoms with Crippen molar-refractivity contribution in [1.82, 2.24) is 5.32 Å². The molecule has 18 heavy (non-hydrogen) atoms. The van der Waals surface area contributed by atoms with Crippen LogP contribution in [-0.4, -0.2) is 25.5 Å². The summed E-state index contributed by atoms with van der Waals surface area (Å²) in [4.78, 5) is 0. The lowest BCUT2D eigenvalue weighted by Gasteiger charge is -2.24. The average Bonchev–Trinajstić information content (AvgIpc) is 2.52. The molecular formula is C12H17FN2O2S. The van der Waals surface area contributed by atoms with Gasteiger partial charge >= 0.3 is 0 Å². The maximum absolute atomic E-state index is 13.6. The first kappa shape index (κ1) is 13.3. The first-order valence-electron chi connectivity index (χ1n) is 5.79. The van der Waals surface area contributed by atoms with E-state index >= 15 is 0 Å². The molecular weight excluding hydrogens is 255 g/mol. The first-order valence-corrected chi connectivity index (χ1v) is 7.61. The van der Waals surface area contributed by atoms with Crippen molar-refractivity contribution in [3.05, 3.63) is 29.6 Å². The number of nitrogen functional groups attached to an aromatic ring is 1. The zero-order valence-corrected chi connectivity index (χ0v) is 11.1.